The summed E-state index contributed by atoms with van der Waals surface area (Å²) in [7, 11) is 0. The van der Waals surface area contributed by atoms with Gasteiger partial charge in [-0.1, -0.05) is 41.1 Å². The van der Waals surface area contributed by atoms with Crippen LogP contribution in [0.2, 0.25) is 0 Å². The molecule has 2 aromatic rings. The second-order valence-electron chi connectivity index (χ2n) is 3.91. The molecule has 0 saturated heterocycles. The van der Waals surface area contributed by atoms with Crippen molar-refractivity contribution in [3.05, 3.63) is 46.8 Å². The maximum Gasteiger partial charge on any atom is 0.125 e. The minimum atomic E-state index is 0.775. The van der Waals surface area contributed by atoms with Crippen molar-refractivity contribution in [2.24, 2.45) is 0 Å². The summed E-state index contributed by atoms with van der Waals surface area (Å²) >= 11 is 3.57. The topological polar surface area (TPSA) is 25.2 Å². The lowest BCUT2D eigenvalue weighted by molar-refractivity contribution is 0.484. The fourth-order valence-electron chi connectivity index (χ4n) is 1.78. The molecule has 90 valence electrons. The fraction of sp³-hybridized carbons (Fsp3) is 0.286. The summed E-state index contributed by atoms with van der Waals surface area (Å²) in [6, 6.07) is 10.2. The highest BCUT2D eigenvalue weighted by molar-refractivity contribution is 9.10. The number of hydrogen-bond acceptors (Lipinski definition) is 2. The maximum absolute atomic E-state index is 5.54. The van der Waals surface area contributed by atoms with Gasteiger partial charge in [0, 0.05) is 10.0 Å². The minimum Gasteiger partial charge on any atom is -0.467 e. The molecule has 1 N–H and O–H groups in total. The summed E-state index contributed by atoms with van der Waals surface area (Å²) in [5, 5.41) is 3.36. The first-order valence-corrected chi connectivity index (χ1v) is 6.64. The summed E-state index contributed by atoms with van der Waals surface area (Å²) in [6.07, 6.45) is 2.88. The Bertz CT molecular complexity index is 479. The van der Waals surface area contributed by atoms with Gasteiger partial charge in [0.25, 0.3) is 0 Å². The van der Waals surface area contributed by atoms with Crippen LogP contribution in [-0.2, 0) is 6.54 Å². The fourth-order valence-corrected chi connectivity index (χ4v) is 2.27. The van der Waals surface area contributed by atoms with Crippen LogP contribution in [0.15, 0.2) is 45.5 Å². The van der Waals surface area contributed by atoms with Crippen LogP contribution in [0.3, 0.4) is 0 Å². The molecular formula is C14H16BrNO. The highest BCUT2D eigenvalue weighted by atomic mass is 79.9. The second kappa shape index (κ2) is 6.03. The molecule has 0 fully saturated rings. The van der Waals surface area contributed by atoms with Gasteiger partial charge in [0.15, 0.2) is 0 Å². The van der Waals surface area contributed by atoms with Crippen molar-refractivity contribution in [1.29, 1.82) is 0 Å². The van der Waals surface area contributed by atoms with E-state index in [0.29, 0.717) is 0 Å². The molecule has 1 heterocycles. The van der Waals surface area contributed by atoms with Gasteiger partial charge in [0.05, 0.1) is 12.8 Å². The third-order valence-electron chi connectivity index (χ3n) is 2.62. The van der Waals surface area contributed by atoms with Crippen LogP contribution >= 0.6 is 15.9 Å². The molecule has 3 heteroatoms. The second-order valence-corrected chi connectivity index (χ2v) is 4.77. The first kappa shape index (κ1) is 12.4. The lowest BCUT2D eigenvalue weighted by Crippen LogP contribution is -2.13. The number of nitrogens with one attached hydrogen (secondary N) is 1. The molecule has 0 bridgehead atoms. The zero-order chi connectivity index (χ0) is 12.1. The molecule has 17 heavy (non-hydrogen) atoms. The summed E-state index contributed by atoms with van der Waals surface area (Å²) in [5.41, 5.74) is 2.33. The Morgan fingerprint density at radius 3 is 2.76 bits per heavy atom. The van der Waals surface area contributed by atoms with Crippen LogP contribution in [0.4, 0.5) is 0 Å². The van der Waals surface area contributed by atoms with Crippen LogP contribution in [0.5, 0.6) is 0 Å². The van der Waals surface area contributed by atoms with Crippen molar-refractivity contribution in [3.63, 3.8) is 0 Å². The Balaban J connectivity index is 2.22. The maximum atomic E-state index is 5.54. The predicted molar refractivity (Wildman–Crippen MR) is 73.8 cm³/mol. The van der Waals surface area contributed by atoms with Gasteiger partial charge in [-0.15, -0.1) is 0 Å². The third kappa shape index (κ3) is 2.99. The molecule has 1 aromatic heterocycles. The zero-order valence-corrected chi connectivity index (χ0v) is 11.5. The lowest BCUT2D eigenvalue weighted by atomic mass is 10.1. The Labute approximate surface area is 110 Å². The van der Waals surface area contributed by atoms with Crippen LogP contribution < -0.4 is 5.32 Å². The monoisotopic (exact) mass is 293 g/mol. The van der Waals surface area contributed by atoms with Gasteiger partial charge < -0.3 is 9.73 Å². The molecule has 2 nitrogen and oxygen atoms in total. The Hall–Kier alpha value is -1.06. The molecule has 1 aromatic carbocycles. The SMILES string of the molecule is CCCNCc1occc1-c1ccccc1Br. The molecule has 0 atom stereocenters. The molecule has 0 amide bonds. The Kier molecular flexibility index (Phi) is 4.40. The quantitative estimate of drug-likeness (QED) is 0.836. The number of hydrogen-bond donors (Lipinski definition) is 1. The number of benzene rings is 1. The van der Waals surface area contributed by atoms with Crippen molar-refractivity contribution in [2.75, 3.05) is 6.54 Å². The molecule has 2 rings (SSSR count). The van der Waals surface area contributed by atoms with Crippen LogP contribution in [0, 0.1) is 0 Å². The molecule has 0 aliphatic rings. The lowest BCUT2D eigenvalue weighted by Gasteiger charge is -2.06. The number of rotatable bonds is 5. The zero-order valence-electron chi connectivity index (χ0n) is 9.87. The van der Waals surface area contributed by atoms with Crippen LogP contribution in [-0.4, -0.2) is 6.54 Å². The average molecular weight is 294 g/mol. The first-order chi connectivity index (χ1) is 8.33. The van der Waals surface area contributed by atoms with E-state index in [1.807, 2.05) is 24.3 Å². The van der Waals surface area contributed by atoms with E-state index in [4.69, 9.17) is 4.42 Å². The van der Waals surface area contributed by atoms with E-state index in [2.05, 4.69) is 34.2 Å². The predicted octanol–water partition coefficient (Wildman–Crippen LogP) is 4.21. The highest BCUT2D eigenvalue weighted by Gasteiger charge is 2.10. The normalized spacial score (nSPS) is 10.7. The summed E-state index contributed by atoms with van der Waals surface area (Å²) in [6.45, 7) is 3.94. The van der Waals surface area contributed by atoms with Crippen LogP contribution in [0.25, 0.3) is 11.1 Å². The van der Waals surface area contributed by atoms with E-state index in [-0.39, 0.29) is 0 Å². The Morgan fingerprint density at radius 1 is 1.18 bits per heavy atom. The Morgan fingerprint density at radius 2 is 2.00 bits per heavy atom. The largest absolute Gasteiger partial charge is 0.467 e. The van der Waals surface area contributed by atoms with Crippen molar-refractivity contribution < 1.29 is 4.42 Å². The van der Waals surface area contributed by atoms with E-state index in [9.17, 15) is 0 Å². The summed E-state index contributed by atoms with van der Waals surface area (Å²) in [5.74, 6) is 0.991. The molecular weight excluding hydrogens is 278 g/mol. The number of furan rings is 1. The van der Waals surface area contributed by atoms with Crippen molar-refractivity contribution >= 4 is 15.9 Å². The standard InChI is InChI=1S/C14H16BrNO/c1-2-8-16-10-14-12(7-9-17-14)11-5-3-4-6-13(11)15/h3-7,9,16H,2,8,10H2,1H3. The molecule has 0 aliphatic carbocycles. The summed E-state index contributed by atoms with van der Waals surface area (Å²) in [4.78, 5) is 0. The molecule has 0 spiro atoms. The minimum absolute atomic E-state index is 0.775. The average Bonchev–Trinajstić information content (AvgIpc) is 2.78. The third-order valence-corrected chi connectivity index (χ3v) is 3.31. The van der Waals surface area contributed by atoms with Crippen molar-refractivity contribution in [1.82, 2.24) is 5.32 Å². The van der Waals surface area contributed by atoms with Crippen LogP contribution in [0.1, 0.15) is 19.1 Å². The van der Waals surface area contributed by atoms with Gasteiger partial charge >= 0.3 is 0 Å². The molecule has 0 saturated carbocycles. The summed E-state index contributed by atoms with van der Waals surface area (Å²) < 4.78 is 6.63. The molecule has 0 aliphatic heterocycles. The van der Waals surface area contributed by atoms with Crippen molar-refractivity contribution in [2.45, 2.75) is 19.9 Å². The smallest absolute Gasteiger partial charge is 0.125 e. The van der Waals surface area contributed by atoms with E-state index in [1.54, 1.807) is 6.26 Å². The van der Waals surface area contributed by atoms with Gasteiger partial charge in [0.1, 0.15) is 5.76 Å². The van der Waals surface area contributed by atoms with E-state index in [0.717, 1.165) is 35.3 Å². The van der Waals surface area contributed by atoms with E-state index >= 15 is 0 Å². The van der Waals surface area contributed by atoms with Gasteiger partial charge in [-0.2, -0.15) is 0 Å². The van der Waals surface area contributed by atoms with E-state index < -0.39 is 0 Å². The highest BCUT2D eigenvalue weighted by Crippen LogP contribution is 2.31. The molecule has 0 unspecified atom stereocenters. The van der Waals surface area contributed by atoms with E-state index in [1.165, 1.54) is 5.56 Å². The van der Waals surface area contributed by atoms with Gasteiger partial charge in [0.2, 0.25) is 0 Å². The first-order valence-electron chi connectivity index (χ1n) is 5.85. The van der Waals surface area contributed by atoms with Gasteiger partial charge in [-0.25, -0.2) is 0 Å². The molecule has 0 radical (unpaired) electrons. The van der Waals surface area contributed by atoms with Crippen molar-refractivity contribution in [3.8, 4) is 11.1 Å². The van der Waals surface area contributed by atoms with Gasteiger partial charge in [-0.3, -0.25) is 0 Å². The number of halogens is 1. The van der Waals surface area contributed by atoms with Gasteiger partial charge in [-0.05, 0) is 30.7 Å².